The van der Waals surface area contributed by atoms with E-state index in [4.69, 9.17) is 17.3 Å². The van der Waals surface area contributed by atoms with Crippen molar-refractivity contribution in [1.29, 1.82) is 0 Å². The van der Waals surface area contributed by atoms with Crippen LogP contribution in [0.2, 0.25) is 4.34 Å². The van der Waals surface area contributed by atoms with Crippen molar-refractivity contribution in [3.8, 4) is 0 Å². The van der Waals surface area contributed by atoms with Crippen LogP contribution in [0.5, 0.6) is 0 Å². The van der Waals surface area contributed by atoms with Gasteiger partial charge in [0.25, 0.3) is 0 Å². The van der Waals surface area contributed by atoms with Gasteiger partial charge in [0.1, 0.15) is 0 Å². The van der Waals surface area contributed by atoms with Crippen molar-refractivity contribution in [2.45, 2.75) is 31.7 Å². The second-order valence-corrected chi connectivity index (χ2v) is 5.46. The summed E-state index contributed by atoms with van der Waals surface area (Å²) < 4.78 is 0.850. The first-order chi connectivity index (χ1) is 6.27. The molecule has 72 valence electrons. The van der Waals surface area contributed by atoms with Crippen LogP contribution in [0.4, 0.5) is 0 Å². The van der Waals surface area contributed by atoms with Gasteiger partial charge in [-0.1, -0.05) is 24.4 Å². The summed E-state index contributed by atoms with van der Waals surface area (Å²) in [4.78, 5) is 1.25. The van der Waals surface area contributed by atoms with Gasteiger partial charge in [0, 0.05) is 10.9 Å². The first-order valence-electron chi connectivity index (χ1n) is 4.78. The highest BCUT2D eigenvalue weighted by atomic mass is 35.5. The summed E-state index contributed by atoms with van der Waals surface area (Å²) in [5.74, 6) is 0.690. The minimum atomic E-state index is 0.222. The zero-order valence-electron chi connectivity index (χ0n) is 7.50. The Kier molecular flexibility index (Phi) is 2.92. The summed E-state index contributed by atoms with van der Waals surface area (Å²) in [7, 11) is 0. The lowest BCUT2D eigenvalue weighted by Gasteiger charge is -2.16. The van der Waals surface area contributed by atoms with Crippen LogP contribution in [0.25, 0.3) is 0 Å². The Balaban J connectivity index is 2.07. The van der Waals surface area contributed by atoms with Gasteiger partial charge in [-0.2, -0.15) is 0 Å². The fraction of sp³-hybridized carbons (Fsp3) is 0.600. The minimum absolute atomic E-state index is 0.222. The van der Waals surface area contributed by atoms with Gasteiger partial charge in [-0.15, -0.1) is 11.3 Å². The maximum atomic E-state index is 6.17. The monoisotopic (exact) mass is 215 g/mol. The van der Waals surface area contributed by atoms with Crippen LogP contribution >= 0.6 is 22.9 Å². The molecule has 0 bridgehead atoms. The molecule has 1 fully saturated rings. The van der Waals surface area contributed by atoms with E-state index in [-0.39, 0.29) is 6.04 Å². The van der Waals surface area contributed by atoms with Gasteiger partial charge in [-0.05, 0) is 30.9 Å². The first-order valence-corrected chi connectivity index (χ1v) is 5.97. The highest BCUT2D eigenvalue weighted by Gasteiger charge is 2.23. The third kappa shape index (κ3) is 2.06. The molecule has 1 atom stereocenters. The molecular formula is C10H14ClNS. The van der Waals surface area contributed by atoms with Crippen molar-refractivity contribution in [1.82, 2.24) is 0 Å². The summed E-state index contributed by atoms with van der Waals surface area (Å²) in [6.45, 7) is 0. The van der Waals surface area contributed by atoms with Gasteiger partial charge in [0.15, 0.2) is 0 Å². The van der Waals surface area contributed by atoms with Crippen LogP contribution in [-0.2, 0) is 0 Å². The number of hydrogen-bond acceptors (Lipinski definition) is 2. The predicted molar refractivity (Wildman–Crippen MR) is 58.2 cm³/mol. The molecule has 1 aliphatic carbocycles. The number of thiophene rings is 1. The molecule has 0 saturated heterocycles. The van der Waals surface area contributed by atoms with E-state index in [1.165, 1.54) is 30.6 Å². The Morgan fingerprint density at radius 1 is 1.38 bits per heavy atom. The molecule has 0 amide bonds. The van der Waals surface area contributed by atoms with Crippen molar-refractivity contribution in [3.63, 3.8) is 0 Å². The van der Waals surface area contributed by atoms with Gasteiger partial charge in [0.05, 0.1) is 4.34 Å². The van der Waals surface area contributed by atoms with E-state index in [0.29, 0.717) is 5.92 Å². The molecular weight excluding hydrogens is 202 g/mol. The standard InChI is InChI=1S/C10H14ClNS/c11-9-6-5-8(13-9)10(12)7-3-1-2-4-7/h5-7,10H,1-4,12H2/t10-/m0/s1. The Labute approximate surface area is 87.9 Å². The molecule has 2 rings (SSSR count). The minimum Gasteiger partial charge on any atom is -0.323 e. The van der Waals surface area contributed by atoms with Crippen LogP contribution < -0.4 is 5.73 Å². The second kappa shape index (κ2) is 3.99. The molecule has 1 saturated carbocycles. The highest BCUT2D eigenvalue weighted by Crippen LogP contribution is 2.37. The molecule has 0 radical (unpaired) electrons. The fourth-order valence-corrected chi connectivity index (χ4v) is 3.21. The maximum Gasteiger partial charge on any atom is 0.0931 e. The molecule has 0 aliphatic heterocycles. The highest BCUT2D eigenvalue weighted by molar-refractivity contribution is 7.16. The van der Waals surface area contributed by atoms with E-state index in [9.17, 15) is 0 Å². The van der Waals surface area contributed by atoms with E-state index in [1.807, 2.05) is 6.07 Å². The lowest BCUT2D eigenvalue weighted by atomic mass is 9.98. The zero-order chi connectivity index (χ0) is 9.26. The molecule has 1 heterocycles. The number of hydrogen-bond donors (Lipinski definition) is 1. The first kappa shape index (κ1) is 9.50. The van der Waals surface area contributed by atoms with Crippen molar-refractivity contribution in [2.24, 2.45) is 11.7 Å². The summed E-state index contributed by atoms with van der Waals surface area (Å²) in [5, 5.41) is 0. The molecule has 0 spiro atoms. The second-order valence-electron chi connectivity index (χ2n) is 3.71. The Hall–Kier alpha value is -0.0500. The quantitative estimate of drug-likeness (QED) is 0.802. The summed E-state index contributed by atoms with van der Waals surface area (Å²) in [6, 6.07) is 4.23. The maximum absolute atomic E-state index is 6.17. The van der Waals surface area contributed by atoms with Crippen molar-refractivity contribution < 1.29 is 0 Å². The van der Waals surface area contributed by atoms with Gasteiger partial charge < -0.3 is 5.73 Å². The molecule has 13 heavy (non-hydrogen) atoms. The molecule has 0 unspecified atom stereocenters. The third-order valence-corrected chi connectivity index (χ3v) is 4.16. The Bertz CT molecular complexity index is 278. The van der Waals surface area contributed by atoms with Crippen molar-refractivity contribution in [3.05, 3.63) is 21.3 Å². The van der Waals surface area contributed by atoms with Gasteiger partial charge in [-0.25, -0.2) is 0 Å². The van der Waals surface area contributed by atoms with E-state index in [2.05, 4.69) is 6.07 Å². The van der Waals surface area contributed by atoms with Gasteiger partial charge >= 0.3 is 0 Å². The SMILES string of the molecule is N[C@H](c1ccc(Cl)s1)C1CCCC1. The van der Waals surface area contributed by atoms with Crippen molar-refractivity contribution >= 4 is 22.9 Å². The smallest absolute Gasteiger partial charge is 0.0931 e. The summed E-state index contributed by atoms with van der Waals surface area (Å²) in [5.41, 5.74) is 6.17. The third-order valence-electron chi connectivity index (χ3n) is 2.83. The summed E-state index contributed by atoms with van der Waals surface area (Å²) >= 11 is 7.50. The Morgan fingerprint density at radius 3 is 2.62 bits per heavy atom. The van der Waals surface area contributed by atoms with E-state index >= 15 is 0 Å². The average Bonchev–Trinajstić information content (AvgIpc) is 2.72. The number of nitrogens with two attached hydrogens (primary N) is 1. The zero-order valence-corrected chi connectivity index (χ0v) is 9.07. The fourth-order valence-electron chi connectivity index (χ4n) is 2.06. The topological polar surface area (TPSA) is 26.0 Å². The predicted octanol–water partition coefficient (Wildman–Crippen LogP) is 3.59. The molecule has 1 nitrogen and oxygen atoms in total. The lowest BCUT2D eigenvalue weighted by Crippen LogP contribution is -2.17. The normalized spacial score (nSPS) is 20.8. The van der Waals surface area contributed by atoms with Crippen LogP contribution in [0.1, 0.15) is 36.6 Å². The van der Waals surface area contributed by atoms with E-state index in [0.717, 1.165) is 4.34 Å². The van der Waals surface area contributed by atoms with Gasteiger partial charge in [0.2, 0.25) is 0 Å². The number of halogens is 1. The van der Waals surface area contributed by atoms with Crippen molar-refractivity contribution in [2.75, 3.05) is 0 Å². The lowest BCUT2D eigenvalue weighted by molar-refractivity contribution is 0.450. The van der Waals surface area contributed by atoms with Crippen LogP contribution in [0.15, 0.2) is 12.1 Å². The molecule has 3 heteroatoms. The summed E-state index contributed by atoms with van der Waals surface area (Å²) in [6.07, 6.45) is 5.27. The van der Waals surface area contributed by atoms with Crippen LogP contribution in [0.3, 0.4) is 0 Å². The average molecular weight is 216 g/mol. The molecule has 1 aromatic rings. The largest absolute Gasteiger partial charge is 0.323 e. The van der Waals surface area contributed by atoms with E-state index in [1.54, 1.807) is 11.3 Å². The van der Waals surface area contributed by atoms with Gasteiger partial charge in [-0.3, -0.25) is 0 Å². The van der Waals surface area contributed by atoms with Crippen LogP contribution in [-0.4, -0.2) is 0 Å². The van der Waals surface area contributed by atoms with E-state index < -0.39 is 0 Å². The molecule has 1 aromatic heterocycles. The molecule has 2 N–H and O–H groups in total. The Morgan fingerprint density at radius 2 is 2.08 bits per heavy atom. The molecule has 0 aromatic carbocycles. The number of rotatable bonds is 2. The van der Waals surface area contributed by atoms with Crippen LogP contribution in [0, 0.1) is 5.92 Å². The molecule has 1 aliphatic rings.